The SMILES string of the molecule is CC[C@H]1OC(=O)[C@@](C)(F)C(=O)C[C@@H](O[C@@H]2O[C@H](C)C[C@H](N(C)C)[C@H]2O)[C@@](C)(OCC#Cc2ccc(-c3nnn(CC(=O)OC)n3)nc2)C[C@@H](C)C(=O)[C@H](C)C2NC(=O)OC21C. The number of hydrogen-bond donors (Lipinski definition) is 2. The summed E-state index contributed by atoms with van der Waals surface area (Å²) in [7, 11) is 4.83. The van der Waals surface area contributed by atoms with Gasteiger partial charge in [0.1, 0.15) is 30.3 Å². The van der Waals surface area contributed by atoms with Gasteiger partial charge in [-0.2, -0.15) is 4.80 Å². The molecule has 2 aromatic rings. The first kappa shape index (κ1) is 47.1. The molecule has 0 aromatic carbocycles. The number of fused-ring (bicyclic) bond motifs is 1. The summed E-state index contributed by atoms with van der Waals surface area (Å²) in [6.07, 6.45) is -5.36. The molecule has 5 heterocycles. The van der Waals surface area contributed by atoms with Crippen LogP contribution in [0.3, 0.4) is 0 Å². The summed E-state index contributed by atoms with van der Waals surface area (Å²) >= 11 is 0. The molecule has 2 aromatic heterocycles. The summed E-state index contributed by atoms with van der Waals surface area (Å²) in [5, 5.41) is 26.0. The minimum absolute atomic E-state index is 0.0635. The number of pyridine rings is 1. The zero-order valence-electron chi connectivity index (χ0n) is 36.2. The Morgan fingerprint density at radius 3 is 2.51 bits per heavy atom. The Balaban J connectivity index is 1.50. The number of tetrazole rings is 1. The lowest BCUT2D eigenvalue weighted by atomic mass is 9.75. The van der Waals surface area contributed by atoms with Gasteiger partial charge in [0.2, 0.25) is 5.82 Å². The van der Waals surface area contributed by atoms with Gasteiger partial charge in [0.15, 0.2) is 24.2 Å². The van der Waals surface area contributed by atoms with Gasteiger partial charge in [-0.1, -0.05) is 32.6 Å². The first-order valence-electron chi connectivity index (χ1n) is 20.2. The fourth-order valence-corrected chi connectivity index (χ4v) is 8.13. The van der Waals surface area contributed by atoms with Crippen LogP contribution < -0.4 is 5.32 Å². The number of alkyl carbamates (subject to hydrolysis) is 1. The number of Topliss-reactive ketones (excluding diaryl/α,β-unsaturated/α-hetero) is 2. The van der Waals surface area contributed by atoms with Crippen molar-refractivity contribution in [2.45, 2.75) is 140 Å². The number of amides is 1. The van der Waals surface area contributed by atoms with E-state index in [0.29, 0.717) is 17.7 Å². The van der Waals surface area contributed by atoms with Gasteiger partial charge >= 0.3 is 18.0 Å². The lowest BCUT2D eigenvalue weighted by Gasteiger charge is -2.46. The molecule has 0 saturated carbocycles. The summed E-state index contributed by atoms with van der Waals surface area (Å²) in [6.45, 7) is 10.1. The van der Waals surface area contributed by atoms with Crippen LogP contribution in [0, 0.1) is 23.7 Å². The number of likely N-dealkylation sites (N-methyl/N-ethyl adjacent to an activating group) is 1. The van der Waals surface area contributed by atoms with Crippen molar-refractivity contribution in [3.05, 3.63) is 23.9 Å². The van der Waals surface area contributed by atoms with Gasteiger partial charge in [-0.3, -0.25) is 14.6 Å². The Hall–Kier alpha value is -4.94. The van der Waals surface area contributed by atoms with Crippen LogP contribution >= 0.6 is 0 Å². The lowest BCUT2D eigenvalue weighted by Crippen LogP contribution is -2.60. The number of cyclic esters (lactones) is 1. The average molecular weight is 858 g/mol. The molecule has 334 valence electrons. The molecule has 2 unspecified atom stereocenters. The third-order valence-electron chi connectivity index (χ3n) is 11.8. The van der Waals surface area contributed by atoms with E-state index in [2.05, 4.69) is 42.3 Å². The Kier molecular flexibility index (Phi) is 14.7. The highest BCUT2D eigenvalue weighted by Gasteiger charge is 2.58. The first-order valence-corrected chi connectivity index (χ1v) is 20.2. The summed E-state index contributed by atoms with van der Waals surface area (Å²) in [5.74, 6) is 0.689. The molecule has 3 aliphatic rings. The number of halogens is 1. The molecule has 2 N–H and O–H groups in total. The van der Waals surface area contributed by atoms with Crippen molar-refractivity contribution < 1.29 is 61.9 Å². The van der Waals surface area contributed by atoms with Crippen molar-refractivity contribution >= 4 is 29.6 Å². The predicted molar refractivity (Wildman–Crippen MR) is 211 cm³/mol. The molecule has 0 radical (unpaired) electrons. The van der Waals surface area contributed by atoms with Gasteiger partial charge in [-0.05, 0) is 78.4 Å². The first-order chi connectivity index (χ1) is 28.6. The molecule has 3 saturated heterocycles. The summed E-state index contributed by atoms with van der Waals surface area (Å²) in [6, 6.07) is 1.84. The number of ketones is 2. The molecule has 0 bridgehead atoms. The molecular weight excluding hydrogens is 801 g/mol. The molecule has 0 spiro atoms. The van der Waals surface area contributed by atoms with Crippen molar-refractivity contribution in [1.29, 1.82) is 0 Å². The largest absolute Gasteiger partial charge is 0.468 e. The van der Waals surface area contributed by atoms with Crippen LogP contribution in [0.4, 0.5) is 9.18 Å². The molecule has 20 heteroatoms. The number of hydrogen-bond acceptors (Lipinski definition) is 17. The fourth-order valence-electron chi connectivity index (χ4n) is 8.13. The molecule has 12 atom stereocenters. The van der Waals surface area contributed by atoms with Gasteiger partial charge in [-0.25, -0.2) is 18.8 Å². The van der Waals surface area contributed by atoms with Gasteiger partial charge in [0, 0.05) is 36.1 Å². The lowest BCUT2D eigenvalue weighted by molar-refractivity contribution is -0.290. The number of aromatic nitrogens is 5. The van der Waals surface area contributed by atoms with E-state index < -0.39 is 102 Å². The highest BCUT2D eigenvalue weighted by molar-refractivity contribution is 6.07. The number of carbonyl (C=O) groups excluding carboxylic acids is 5. The maximum atomic E-state index is 16.7. The van der Waals surface area contributed by atoms with E-state index in [1.165, 1.54) is 20.2 Å². The molecular formula is C41H56FN7O12. The second kappa shape index (κ2) is 19.0. The fraction of sp³-hybridized carbons (Fsp3) is 0.683. The zero-order chi connectivity index (χ0) is 45.0. The van der Waals surface area contributed by atoms with Crippen LogP contribution in [-0.4, -0.2) is 152 Å². The Morgan fingerprint density at radius 2 is 1.87 bits per heavy atom. The van der Waals surface area contributed by atoms with Crippen molar-refractivity contribution in [2.24, 2.45) is 11.8 Å². The molecule has 1 amide bonds. The number of aliphatic hydroxyl groups excluding tert-OH is 1. The molecule has 5 rings (SSSR count). The second-order valence-electron chi connectivity index (χ2n) is 16.7. The number of nitrogens with one attached hydrogen (secondary N) is 1. The van der Waals surface area contributed by atoms with E-state index in [0.717, 1.165) is 11.7 Å². The highest BCUT2D eigenvalue weighted by atomic mass is 19.1. The monoisotopic (exact) mass is 857 g/mol. The molecule has 0 aliphatic carbocycles. The van der Waals surface area contributed by atoms with E-state index >= 15 is 4.39 Å². The van der Waals surface area contributed by atoms with Crippen LogP contribution in [0.2, 0.25) is 0 Å². The second-order valence-corrected chi connectivity index (χ2v) is 16.7. The maximum Gasteiger partial charge on any atom is 0.408 e. The number of methoxy groups -OCH3 is 1. The number of aliphatic hydroxyl groups is 1. The van der Waals surface area contributed by atoms with Crippen molar-refractivity contribution in [3.63, 3.8) is 0 Å². The number of nitrogens with zero attached hydrogens (tertiary/aromatic N) is 6. The number of esters is 2. The highest BCUT2D eigenvalue weighted by Crippen LogP contribution is 2.40. The van der Waals surface area contributed by atoms with E-state index in [9.17, 15) is 29.1 Å². The Labute approximate surface area is 353 Å². The summed E-state index contributed by atoms with van der Waals surface area (Å²) in [5.41, 5.74) is -5.62. The minimum Gasteiger partial charge on any atom is -0.468 e. The smallest absolute Gasteiger partial charge is 0.408 e. The van der Waals surface area contributed by atoms with Crippen molar-refractivity contribution in [1.82, 2.24) is 35.4 Å². The van der Waals surface area contributed by atoms with E-state index in [1.807, 2.05) is 4.90 Å². The predicted octanol–water partition coefficient (Wildman–Crippen LogP) is 1.97. The van der Waals surface area contributed by atoms with Gasteiger partial charge in [0.05, 0.1) is 31.0 Å². The van der Waals surface area contributed by atoms with Crippen molar-refractivity contribution in [3.8, 4) is 23.4 Å². The molecule has 61 heavy (non-hydrogen) atoms. The number of alkyl halides is 1. The van der Waals surface area contributed by atoms with Crippen LogP contribution in [-0.2, 0) is 54.1 Å². The zero-order valence-corrected chi connectivity index (χ0v) is 36.2. The summed E-state index contributed by atoms with van der Waals surface area (Å²) < 4.78 is 51.5. The number of ether oxygens (including phenoxy) is 6. The van der Waals surface area contributed by atoms with Crippen LogP contribution in [0.5, 0.6) is 0 Å². The van der Waals surface area contributed by atoms with Crippen LogP contribution in [0.25, 0.3) is 11.5 Å². The molecule has 3 fully saturated rings. The average Bonchev–Trinajstić information content (AvgIpc) is 3.81. The van der Waals surface area contributed by atoms with Crippen LogP contribution in [0.1, 0.15) is 79.7 Å². The minimum atomic E-state index is -3.22. The number of rotatable bonds is 9. The Bertz CT molecular complexity index is 2000. The van der Waals surface area contributed by atoms with Gasteiger partial charge < -0.3 is 43.7 Å². The maximum absolute atomic E-state index is 16.7. The third kappa shape index (κ3) is 10.4. The standard InChI is InChI=1S/C41H56FN7O12/c1-11-29-41(7)34(44-38(55)61-41)24(4)32(52)22(2)19-39(5,57-16-12-13-25-14-15-26(43-20-25)35-45-47-49(46-35)21-31(51)56-10)30(18-28(50)40(6,42)37(54)60-29)59-36-33(53)27(48(8)9)17-23(3)58-36/h14-15,20,22-24,27,29-30,33-34,36,53H,11,16-19,21H2,1-10H3,(H,44,55)/t22-,23-,24+,27+,29-,30-,33-,34?,36+,39+,40+,41?/m1/s1. The summed E-state index contributed by atoms with van der Waals surface area (Å²) in [4.78, 5) is 73.6. The third-order valence-corrected chi connectivity index (χ3v) is 11.8. The van der Waals surface area contributed by atoms with Crippen LogP contribution in [0.15, 0.2) is 18.3 Å². The van der Waals surface area contributed by atoms with Crippen molar-refractivity contribution in [2.75, 3.05) is 27.8 Å². The normalized spacial score (nSPS) is 34.9. The van der Waals surface area contributed by atoms with E-state index in [4.69, 9.17) is 23.7 Å². The number of carbonyl (C=O) groups is 5. The quantitative estimate of drug-likeness (QED) is 0.159. The van der Waals surface area contributed by atoms with E-state index in [-0.39, 0.29) is 37.6 Å². The molecule has 3 aliphatic heterocycles. The Morgan fingerprint density at radius 1 is 1.15 bits per heavy atom. The van der Waals surface area contributed by atoms with Gasteiger partial charge in [0.25, 0.3) is 5.67 Å². The van der Waals surface area contributed by atoms with E-state index in [1.54, 1.807) is 60.8 Å². The molecule has 19 nitrogen and oxygen atoms in total. The topological polar surface area (TPSA) is 233 Å². The van der Waals surface area contributed by atoms with Gasteiger partial charge in [-0.15, -0.1) is 10.2 Å².